The van der Waals surface area contributed by atoms with Crippen LogP contribution >= 0.6 is 0 Å². The maximum Gasteiger partial charge on any atom is 0.412 e. The maximum atomic E-state index is 11.9. The summed E-state index contributed by atoms with van der Waals surface area (Å²) in [5, 5.41) is 2.64. The Morgan fingerprint density at radius 2 is 1.91 bits per heavy atom. The van der Waals surface area contributed by atoms with E-state index < -0.39 is 17.7 Å². The average molecular weight is 443 g/mol. The Kier molecular flexibility index (Phi) is 5.21. The van der Waals surface area contributed by atoms with E-state index in [0.717, 1.165) is 43.1 Å². The molecule has 7 nitrogen and oxygen atoms in total. The van der Waals surface area contributed by atoms with Crippen LogP contribution < -0.4 is 15.8 Å². The number of benzene rings is 1. The fraction of sp³-hybridized carbons (Fsp3) is 0.720. The van der Waals surface area contributed by atoms with Gasteiger partial charge in [-0.25, -0.2) is 4.79 Å². The molecule has 2 atom stereocenters. The second kappa shape index (κ2) is 7.97. The Labute approximate surface area is 189 Å². The molecular formula is C25H34N2O5. The average Bonchev–Trinajstić information content (AvgIpc) is 3.15. The summed E-state index contributed by atoms with van der Waals surface area (Å²) in [6.07, 6.45) is 9.53. The van der Waals surface area contributed by atoms with Crippen LogP contribution in [0.4, 0.5) is 4.79 Å². The molecule has 2 spiro atoms. The van der Waals surface area contributed by atoms with Gasteiger partial charge in [-0.15, -0.1) is 0 Å². The van der Waals surface area contributed by atoms with Gasteiger partial charge in [0.15, 0.2) is 0 Å². The first-order valence-electron chi connectivity index (χ1n) is 12.4. The number of nitrogens with two attached hydrogens (primary N) is 1. The molecule has 1 aromatic rings. The molecule has 1 aliphatic heterocycles. The molecule has 3 N–H and O–H groups in total. The number of carbonyl (C=O) groups is 1. The van der Waals surface area contributed by atoms with Gasteiger partial charge >= 0.3 is 6.09 Å². The normalized spacial score (nSPS) is 42.0. The third kappa shape index (κ3) is 3.54. The van der Waals surface area contributed by atoms with Crippen LogP contribution in [0.3, 0.4) is 0 Å². The van der Waals surface area contributed by atoms with Crippen LogP contribution in [0.1, 0.15) is 69.3 Å². The Balaban J connectivity index is 1.16. The minimum absolute atomic E-state index is 0.273. The largest absolute Gasteiger partial charge is 0.412 e. The zero-order valence-electron chi connectivity index (χ0n) is 18.6. The second-order valence-electron chi connectivity index (χ2n) is 10.7. The van der Waals surface area contributed by atoms with Gasteiger partial charge in [-0.2, -0.15) is 9.78 Å². The smallest absolute Gasteiger partial charge is 0.410 e. The van der Waals surface area contributed by atoms with Crippen molar-refractivity contribution in [2.24, 2.45) is 29.4 Å². The highest BCUT2D eigenvalue weighted by Gasteiger charge is 2.67. The van der Waals surface area contributed by atoms with Gasteiger partial charge in [0.05, 0.1) is 0 Å². The van der Waals surface area contributed by atoms with Crippen LogP contribution in [0.5, 0.6) is 5.75 Å². The quantitative estimate of drug-likeness (QED) is 0.679. The molecule has 0 radical (unpaired) electrons. The summed E-state index contributed by atoms with van der Waals surface area (Å²) in [5.41, 5.74) is 6.58. The molecular weight excluding hydrogens is 408 g/mol. The van der Waals surface area contributed by atoms with Crippen LogP contribution in [-0.2, 0) is 14.5 Å². The van der Waals surface area contributed by atoms with Gasteiger partial charge in [-0.1, -0.05) is 12.1 Å². The van der Waals surface area contributed by atoms with Gasteiger partial charge in [-0.05, 0) is 80.4 Å². The molecule has 7 rings (SSSR count). The minimum atomic E-state index is -0.659. The zero-order valence-corrected chi connectivity index (χ0v) is 18.6. The Hall–Kier alpha value is -1.67. The van der Waals surface area contributed by atoms with Gasteiger partial charge in [0.25, 0.3) is 0 Å². The van der Waals surface area contributed by atoms with E-state index in [4.69, 9.17) is 25.0 Å². The molecule has 6 aliphatic rings. The fourth-order valence-electron chi connectivity index (χ4n) is 7.41. The lowest BCUT2D eigenvalue weighted by molar-refractivity contribution is -0.390. The van der Waals surface area contributed by atoms with Gasteiger partial charge in [0.2, 0.25) is 11.6 Å². The molecule has 4 bridgehead atoms. The molecule has 1 heterocycles. The van der Waals surface area contributed by atoms with E-state index in [1.165, 1.54) is 32.1 Å². The van der Waals surface area contributed by atoms with Gasteiger partial charge in [-0.3, -0.25) is 0 Å². The fourth-order valence-corrected chi connectivity index (χ4v) is 7.41. The van der Waals surface area contributed by atoms with E-state index in [2.05, 4.69) is 11.4 Å². The van der Waals surface area contributed by atoms with E-state index in [1.54, 1.807) is 6.07 Å². The topological polar surface area (TPSA) is 92.0 Å². The first-order chi connectivity index (χ1) is 15.6. The zero-order chi connectivity index (χ0) is 21.8. The Morgan fingerprint density at radius 1 is 1.12 bits per heavy atom. The van der Waals surface area contributed by atoms with E-state index in [-0.39, 0.29) is 5.92 Å². The van der Waals surface area contributed by atoms with E-state index >= 15 is 0 Å². The van der Waals surface area contributed by atoms with Crippen LogP contribution in [0, 0.1) is 23.7 Å². The van der Waals surface area contributed by atoms with E-state index in [0.29, 0.717) is 30.7 Å². The monoisotopic (exact) mass is 442 g/mol. The van der Waals surface area contributed by atoms with Crippen LogP contribution in [-0.4, -0.2) is 30.8 Å². The van der Waals surface area contributed by atoms with Crippen molar-refractivity contribution in [3.63, 3.8) is 0 Å². The molecule has 5 saturated carbocycles. The van der Waals surface area contributed by atoms with Gasteiger partial charge in [0.1, 0.15) is 5.75 Å². The third-order valence-electron chi connectivity index (χ3n) is 8.57. The molecule has 1 aromatic carbocycles. The number of hydrogen-bond donors (Lipinski definition) is 2. The number of ether oxygens (including phenoxy) is 2. The molecule has 1 saturated heterocycles. The number of rotatable bonds is 4. The van der Waals surface area contributed by atoms with Crippen molar-refractivity contribution in [2.75, 3.05) is 13.1 Å². The molecule has 1 unspecified atom stereocenters. The molecule has 174 valence electrons. The number of hydrogen-bond acceptors (Lipinski definition) is 6. The molecule has 7 heteroatoms. The summed E-state index contributed by atoms with van der Waals surface area (Å²) >= 11 is 0. The van der Waals surface area contributed by atoms with Crippen molar-refractivity contribution < 1.29 is 24.0 Å². The Bertz CT molecular complexity index is 848. The first-order valence-corrected chi connectivity index (χ1v) is 12.4. The Morgan fingerprint density at radius 3 is 2.66 bits per heavy atom. The van der Waals surface area contributed by atoms with Gasteiger partial charge in [0, 0.05) is 37.8 Å². The SMILES string of the molecule is NCCNC(=O)Oc1cccc(C2CCC[C@]3(C2)OOC2(O3)C3CC4CC(C3)CC2C4)c1. The lowest BCUT2D eigenvalue weighted by Gasteiger charge is -2.57. The minimum Gasteiger partial charge on any atom is -0.410 e. The van der Waals surface area contributed by atoms with Crippen molar-refractivity contribution >= 4 is 6.09 Å². The van der Waals surface area contributed by atoms with E-state index in [1.807, 2.05) is 12.1 Å². The highest BCUT2D eigenvalue weighted by Crippen LogP contribution is 2.64. The van der Waals surface area contributed by atoms with E-state index in [9.17, 15) is 4.79 Å². The summed E-state index contributed by atoms with van der Waals surface area (Å²) in [4.78, 5) is 24.2. The predicted octanol–water partition coefficient (Wildman–Crippen LogP) is 4.22. The summed E-state index contributed by atoms with van der Waals surface area (Å²) < 4.78 is 12.3. The summed E-state index contributed by atoms with van der Waals surface area (Å²) in [6, 6.07) is 7.80. The van der Waals surface area contributed by atoms with Crippen LogP contribution in [0.2, 0.25) is 0 Å². The molecule has 5 aliphatic carbocycles. The maximum absolute atomic E-state index is 11.9. The van der Waals surface area contributed by atoms with Crippen molar-refractivity contribution in [3.05, 3.63) is 29.8 Å². The summed E-state index contributed by atoms with van der Waals surface area (Å²) in [6.45, 7) is 0.773. The van der Waals surface area contributed by atoms with Crippen molar-refractivity contribution in [2.45, 2.75) is 75.3 Å². The lowest BCUT2D eigenvalue weighted by atomic mass is 9.53. The predicted molar refractivity (Wildman–Crippen MR) is 116 cm³/mol. The van der Waals surface area contributed by atoms with Crippen molar-refractivity contribution in [1.82, 2.24) is 5.32 Å². The number of carbonyl (C=O) groups excluding carboxylic acids is 1. The molecule has 32 heavy (non-hydrogen) atoms. The molecule has 6 fully saturated rings. The van der Waals surface area contributed by atoms with Crippen LogP contribution in [0.25, 0.3) is 0 Å². The molecule has 0 aromatic heterocycles. The first kappa shape index (κ1) is 20.9. The summed E-state index contributed by atoms with van der Waals surface area (Å²) in [5.74, 6) is 2.29. The second-order valence-corrected chi connectivity index (χ2v) is 10.7. The standard InChI is InChI=1S/C25H34N2O5/c26-7-8-27-23(28)29-22-5-1-3-18(14-22)19-4-2-6-24(15-19)30-25(32-31-24)20-10-16-9-17(12-20)13-21(25)11-16/h1,3,5,14,16-17,19-21H,2,4,6-13,15,26H2,(H,27,28)/t16?,17?,19?,20?,21?,24-,25?/m1/s1. The van der Waals surface area contributed by atoms with Crippen molar-refractivity contribution in [1.29, 1.82) is 0 Å². The highest BCUT2D eigenvalue weighted by atomic mass is 17.3. The number of nitrogens with one attached hydrogen (secondary N) is 1. The lowest BCUT2D eigenvalue weighted by Crippen LogP contribution is -2.59. The molecule has 1 amide bonds. The van der Waals surface area contributed by atoms with Crippen LogP contribution in [0.15, 0.2) is 24.3 Å². The van der Waals surface area contributed by atoms with Gasteiger partial charge < -0.3 is 20.5 Å². The summed E-state index contributed by atoms with van der Waals surface area (Å²) in [7, 11) is 0. The number of amides is 1. The third-order valence-corrected chi connectivity index (χ3v) is 8.57. The highest BCUT2D eigenvalue weighted by molar-refractivity contribution is 5.70. The van der Waals surface area contributed by atoms with Crippen molar-refractivity contribution in [3.8, 4) is 5.75 Å².